The summed E-state index contributed by atoms with van der Waals surface area (Å²) in [5, 5.41) is 33.2. The smallest absolute Gasteiger partial charge is 0.220 e. The summed E-state index contributed by atoms with van der Waals surface area (Å²) in [6.07, 6.45) is 30.8. The molecule has 6 nitrogen and oxygen atoms in total. The number of unbranched alkanes of at least 4 members (excludes halogenated alkanes) is 18. The van der Waals surface area contributed by atoms with E-state index in [4.69, 9.17) is 0 Å². The van der Waals surface area contributed by atoms with Crippen LogP contribution in [0, 0.1) is 0 Å². The van der Waals surface area contributed by atoms with Gasteiger partial charge < -0.3 is 20.6 Å². The number of allylic oxidation sites excluding steroid dienone is 4. The average Bonchev–Trinajstić information content (AvgIpc) is 2.98. The van der Waals surface area contributed by atoms with Crippen LogP contribution in [0.3, 0.4) is 0 Å². The number of carbonyl (C=O) groups excluding carboxylic acids is 2. The summed E-state index contributed by atoms with van der Waals surface area (Å²) in [5.74, 6) is -0.0593. The van der Waals surface area contributed by atoms with Crippen LogP contribution in [0.2, 0.25) is 0 Å². The molecule has 3 atom stereocenters. The summed E-state index contributed by atoms with van der Waals surface area (Å²) in [4.78, 5) is 24.2. The Morgan fingerprint density at radius 1 is 0.643 bits per heavy atom. The lowest BCUT2D eigenvalue weighted by atomic mass is 9.99. The van der Waals surface area contributed by atoms with Crippen LogP contribution in [-0.4, -0.2) is 51.9 Å². The highest BCUT2D eigenvalue weighted by atomic mass is 16.3. The maximum atomic E-state index is 12.3. The minimum Gasteiger partial charge on any atom is -0.394 e. The van der Waals surface area contributed by atoms with E-state index in [-0.39, 0.29) is 11.7 Å². The van der Waals surface area contributed by atoms with E-state index in [0.717, 1.165) is 57.8 Å². The number of hydrogen-bond acceptors (Lipinski definition) is 5. The van der Waals surface area contributed by atoms with Gasteiger partial charge in [-0.3, -0.25) is 9.59 Å². The van der Waals surface area contributed by atoms with Crippen molar-refractivity contribution in [1.29, 1.82) is 0 Å². The van der Waals surface area contributed by atoms with Gasteiger partial charge in [-0.05, 0) is 38.2 Å². The third kappa shape index (κ3) is 26.2. The van der Waals surface area contributed by atoms with Crippen LogP contribution >= 0.6 is 0 Å². The lowest BCUT2D eigenvalue weighted by molar-refractivity contribution is -0.124. The lowest BCUT2D eigenvalue weighted by Crippen LogP contribution is -2.50. The highest BCUT2D eigenvalue weighted by Gasteiger charge is 2.26. The van der Waals surface area contributed by atoms with E-state index in [1.807, 2.05) is 12.2 Å². The fourth-order valence-corrected chi connectivity index (χ4v) is 5.20. The molecule has 0 aliphatic rings. The van der Waals surface area contributed by atoms with E-state index in [1.165, 1.54) is 77.0 Å². The Balaban J connectivity index is 3.83. The Bertz CT molecular complexity index is 678. The average molecular weight is 594 g/mol. The van der Waals surface area contributed by atoms with E-state index < -0.39 is 24.9 Å². The van der Waals surface area contributed by atoms with Gasteiger partial charge >= 0.3 is 0 Å². The first kappa shape index (κ1) is 40.5. The Labute approximate surface area is 258 Å². The molecule has 246 valence electrons. The van der Waals surface area contributed by atoms with Gasteiger partial charge in [-0.2, -0.15) is 0 Å². The SMILES string of the molecule is CCCCC/C=C\C=C\C(=O)CCCCCCCC(=O)N[C@@H](CO)C(O)C(O)CCCCCCCCCCCCCC. The van der Waals surface area contributed by atoms with Crippen molar-refractivity contribution in [3.05, 3.63) is 24.3 Å². The Kier molecular flexibility index (Phi) is 29.8. The number of rotatable bonds is 31. The highest BCUT2D eigenvalue weighted by Crippen LogP contribution is 2.15. The molecule has 0 aromatic carbocycles. The molecule has 2 unspecified atom stereocenters. The molecular formula is C36H67NO5. The molecule has 0 aromatic heterocycles. The van der Waals surface area contributed by atoms with Crippen molar-refractivity contribution in [2.75, 3.05) is 6.61 Å². The zero-order valence-electron chi connectivity index (χ0n) is 27.4. The van der Waals surface area contributed by atoms with Gasteiger partial charge in [-0.25, -0.2) is 0 Å². The second-order valence-electron chi connectivity index (χ2n) is 12.1. The van der Waals surface area contributed by atoms with Crippen LogP contribution in [0.5, 0.6) is 0 Å². The number of hydrogen-bond donors (Lipinski definition) is 4. The Morgan fingerprint density at radius 2 is 1.14 bits per heavy atom. The number of nitrogens with one attached hydrogen (secondary N) is 1. The van der Waals surface area contributed by atoms with Gasteiger partial charge in [-0.15, -0.1) is 0 Å². The van der Waals surface area contributed by atoms with Gasteiger partial charge in [0.2, 0.25) is 5.91 Å². The first-order valence-electron chi connectivity index (χ1n) is 17.6. The predicted octanol–water partition coefficient (Wildman–Crippen LogP) is 8.27. The minimum absolute atomic E-state index is 0.155. The van der Waals surface area contributed by atoms with Crippen molar-refractivity contribution in [3.8, 4) is 0 Å². The van der Waals surface area contributed by atoms with Crippen molar-refractivity contribution in [3.63, 3.8) is 0 Å². The minimum atomic E-state index is -1.17. The third-order valence-electron chi connectivity index (χ3n) is 8.03. The number of ketones is 1. The molecule has 0 rings (SSSR count). The van der Waals surface area contributed by atoms with Crippen LogP contribution in [0.15, 0.2) is 24.3 Å². The summed E-state index contributed by atoms with van der Waals surface area (Å²) >= 11 is 0. The molecule has 0 radical (unpaired) electrons. The van der Waals surface area contributed by atoms with Crippen LogP contribution in [0.4, 0.5) is 0 Å². The second kappa shape index (κ2) is 30.9. The zero-order valence-corrected chi connectivity index (χ0v) is 27.4. The number of aliphatic hydroxyl groups excluding tert-OH is 3. The van der Waals surface area contributed by atoms with Crippen molar-refractivity contribution in [2.45, 2.75) is 186 Å². The molecule has 0 bridgehead atoms. The van der Waals surface area contributed by atoms with Gasteiger partial charge in [0.1, 0.15) is 6.10 Å². The second-order valence-corrected chi connectivity index (χ2v) is 12.1. The highest BCUT2D eigenvalue weighted by molar-refractivity contribution is 5.89. The Hall–Kier alpha value is -1.50. The number of aliphatic hydroxyl groups is 3. The molecule has 4 N–H and O–H groups in total. The van der Waals surface area contributed by atoms with Crippen LogP contribution < -0.4 is 5.32 Å². The van der Waals surface area contributed by atoms with E-state index in [1.54, 1.807) is 6.08 Å². The van der Waals surface area contributed by atoms with Crippen molar-refractivity contribution < 1.29 is 24.9 Å². The van der Waals surface area contributed by atoms with Gasteiger partial charge in [0, 0.05) is 12.8 Å². The molecular weight excluding hydrogens is 526 g/mol. The molecule has 42 heavy (non-hydrogen) atoms. The van der Waals surface area contributed by atoms with Gasteiger partial charge in [0.15, 0.2) is 5.78 Å². The zero-order chi connectivity index (χ0) is 31.1. The van der Waals surface area contributed by atoms with Crippen LogP contribution in [0.25, 0.3) is 0 Å². The van der Waals surface area contributed by atoms with Gasteiger partial charge in [-0.1, -0.05) is 141 Å². The summed E-state index contributed by atoms with van der Waals surface area (Å²) in [5.41, 5.74) is 0. The van der Waals surface area contributed by atoms with Gasteiger partial charge in [0.25, 0.3) is 0 Å². The largest absolute Gasteiger partial charge is 0.394 e. The first-order valence-corrected chi connectivity index (χ1v) is 17.6. The molecule has 0 spiro atoms. The monoisotopic (exact) mass is 594 g/mol. The maximum absolute atomic E-state index is 12.3. The normalized spacial score (nSPS) is 14.0. The van der Waals surface area contributed by atoms with E-state index >= 15 is 0 Å². The lowest BCUT2D eigenvalue weighted by Gasteiger charge is -2.26. The fourth-order valence-electron chi connectivity index (χ4n) is 5.20. The summed E-state index contributed by atoms with van der Waals surface area (Å²) in [6, 6.07) is -0.852. The molecule has 6 heteroatoms. The van der Waals surface area contributed by atoms with Crippen LogP contribution in [-0.2, 0) is 9.59 Å². The quantitative estimate of drug-likeness (QED) is 0.0368. The summed E-state index contributed by atoms with van der Waals surface area (Å²) in [6.45, 7) is 4.03. The van der Waals surface area contributed by atoms with Crippen molar-refractivity contribution in [1.82, 2.24) is 5.32 Å². The molecule has 0 saturated carbocycles. The van der Waals surface area contributed by atoms with Crippen molar-refractivity contribution >= 4 is 11.7 Å². The summed E-state index contributed by atoms with van der Waals surface area (Å²) in [7, 11) is 0. The molecule has 0 aliphatic carbocycles. The van der Waals surface area contributed by atoms with E-state index in [2.05, 4.69) is 25.2 Å². The van der Waals surface area contributed by atoms with E-state index in [9.17, 15) is 24.9 Å². The third-order valence-corrected chi connectivity index (χ3v) is 8.03. The van der Waals surface area contributed by atoms with E-state index in [0.29, 0.717) is 19.3 Å². The molecule has 0 saturated heterocycles. The van der Waals surface area contributed by atoms with Gasteiger partial charge in [0.05, 0.1) is 18.8 Å². The topological polar surface area (TPSA) is 107 Å². The molecule has 0 aliphatic heterocycles. The van der Waals surface area contributed by atoms with Crippen LogP contribution in [0.1, 0.15) is 168 Å². The fraction of sp³-hybridized carbons (Fsp3) is 0.833. The maximum Gasteiger partial charge on any atom is 0.220 e. The molecule has 0 fully saturated rings. The Morgan fingerprint density at radius 3 is 1.71 bits per heavy atom. The number of carbonyl (C=O) groups is 2. The number of amides is 1. The molecule has 1 amide bonds. The summed E-state index contributed by atoms with van der Waals surface area (Å²) < 4.78 is 0. The molecule has 0 heterocycles. The van der Waals surface area contributed by atoms with Crippen molar-refractivity contribution in [2.24, 2.45) is 0 Å². The standard InChI is InChI=1S/C36H67NO5/c1-3-5-7-9-11-12-13-14-15-17-21-25-29-34(40)36(42)33(31-38)37-35(41)30-26-22-18-20-24-28-32(39)27-23-19-16-10-8-6-4-2/h16,19,23,27,33-34,36,38,40,42H,3-15,17-18,20-22,24-26,28-31H2,1-2H3,(H,37,41)/b19-16-,27-23+/t33-,34?,36?/m0/s1. The molecule has 0 aromatic rings. The first-order chi connectivity index (χ1) is 20.5. The predicted molar refractivity (Wildman–Crippen MR) is 176 cm³/mol.